The van der Waals surface area contributed by atoms with Gasteiger partial charge < -0.3 is 29.5 Å². The van der Waals surface area contributed by atoms with Crippen molar-refractivity contribution in [2.45, 2.75) is 25.9 Å². The third-order valence-corrected chi connectivity index (χ3v) is 8.38. The van der Waals surface area contributed by atoms with Crippen LogP contribution in [-0.4, -0.2) is 97.7 Å². The zero-order chi connectivity index (χ0) is 31.9. The van der Waals surface area contributed by atoms with Crippen LogP contribution in [0.1, 0.15) is 12.5 Å². The lowest BCUT2D eigenvalue weighted by atomic mass is 10.1. The summed E-state index contributed by atoms with van der Waals surface area (Å²) in [5.41, 5.74) is 2.57. The number of hydrogen-bond acceptors (Lipinski definition) is 11. The molecular weight excluding hydrogens is 591 g/mol. The second-order valence-electron chi connectivity index (χ2n) is 11.7. The molecule has 2 atom stereocenters. The molecule has 1 fully saturated rings. The van der Waals surface area contributed by atoms with Gasteiger partial charge in [-0.3, -0.25) is 4.79 Å². The Labute approximate surface area is 264 Å². The van der Waals surface area contributed by atoms with Crippen LogP contribution >= 0.6 is 0 Å². The number of aromatic nitrogens is 6. The molecule has 1 aromatic carbocycles. The Balaban J connectivity index is 1.12. The van der Waals surface area contributed by atoms with Crippen LogP contribution in [-0.2, 0) is 4.79 Å². The van der Waals surface area contributed by atoms with Crippen LogP contribution in [0.15, 0.2) is 61.3 Å². The molecule has 2 aliphatic heterocycles. The highest BCUT2D eigenvalue weighted by atomic mass is 19.1. The fourth-order valence-corrected chi connectivity index (χ4v) is 5.52. The largest absolute Gasteiger partial charge is 0.487 e. The van der Waals surface area contributed by atoms with Crippen LogP contribution in [0.2, 0.25) is 0 Å². The summed E-state index contributed by atoms with van der Waals surface area (Å²) in [5, 5.41) is 7.19. The highest BCUT2D eigenvalue weighted by molar-refractivity contribution is 5.91. The van der Waals surface area contributed by atoms with Gasteiger partial charge in [-0.1, -0.05) is 6.08 Å². The Morgan fingerprint density at radius 2 is 2.04 bits per heavy atom. The maximum absolute atomic E-state index is 15.5. The van der Waals surface area contributed by atoms with Gasteiger partial charge in [-0.25, -0.2) is 28.8 Å². The van der Waals surface area contributed by atoms with E-state index in [1.165, 1.54) is 18.7 Å². The molecule has 5 aromatic rings. The van der Waals surface area contributed by atoms with Crippen molar-refractivity contribution in [2.24, 2.45) is 0 Å². The van der Waals surface area contributed by atoms with Gasteiger partial charge in [-0.15, -0.1) is 0 Å². The third-order valence-electron chi connectivity index (χ3n) is 8.38. The molecule has 0 spiro atoms. The maximum atomic E-state index is 15.5. The van der Waals surface area contributed by atoms with Crippen molar-refractivity contribution >= 4 is 39.9 Å². The molecule has 2 bridgehead atoms. The van der Waals surface area contributed by atoms with Crippen LogP contribution in [0.4, 0.5) is 21.7 Å². The molecule has 236 valence electrons. The van der Waals surface area contributed by atoms with E-state index in [4.69, 9.17) is 14.5 Å². The van der Waals surface area contributed by atoms with Crippen molar-refractivity contribution in [3.05, 3.63) is 72.7 Å². The van der Waals surface area contributed by atoms with Crippen molar-refractivity contribution < 1.29 is 18.7 Å². The van der Waals surface area contributed by atoms with Crippen LogP contribution in [0.3, 0.4) is 0 Å². The molecular formula is C32H33FN10O3. The first-order chi connectivity index (χ1) is 22.2. The summed E-state index contributed by atoms with van der Waals surface area (Å²) in [4.78, 5) is 37.0. The molecule has 0 unspecified atom stereocenters. The number of amides is 1. The van der Waals surface area contributed by atoms with E-state index in [9.17, 15) is 4.79 Å². The molecule has 13 nitrogen and oxygen atoms in total. The van der Waals surface area contributed by atoms with Crippen molar-refractivity contribution in [3.63, 3.8) is 0 Å². The maximum Gasteiger partial charge on any atom is 0.246 e. The van der Waals surface area contributed by atoms with E-state index in [1.807, 2.05) is 49.9 Å². The second-order valence-corrected chi connectivity index (χ2v) is 11.7. The Kier molecular flexibility index (Phi) is 7.56. The quantitative estimate of drug-likeness (QED) is 0.265. The fourth-order valence-electron chi connectivity index (χ4n) is 5.52. The number of carbonyl (C=O) groups excluding carboxylic acids is 1. The average molecular weight is 625 g/mol. The molecule has 2 aliphatic rings. The van der Waals surface area contributed by atoms with Crippen molar-refractivity contribution in [1.29, 1.82) is 0 Å². The minimum atomic E-state index is -0.522. The van der Waals surface area contributed by atoms with Crippen molar-refractivity contribution in [1.82, 2.24) is 39.3 Å². The number of halogens is 1. The van der Waals surface area contributed by atoms with Gasteiger partial charge >= 0.3 is 0 Å². The summed E-state index contributed by atoms with van der Waals surface area (Å²) < 4.78 is 29.2. The topological polar surface area (TPSA) is 126 Å². The highest BCUT2D eigenvalue weighted by Gasteiger charge is 2.35. The van der Waals surface area contributed by atoms with Gasteiger partial charge in [0.15, 0.2) is 23.0 Å². The van der Waals surface area contributed by atoms with Crippen LogP contribution in [0.5, 0.6) is 17.2 Å². The van der Waals surface area contributed by atoms with E-state index in [1.54, 1.807) is 35.0 Å². The first-order valence-corrected chi connectivity index (χ1v) is 15.0. The first-order valence-electron chi connectivity index (χ1n) is 15.0. The van der Waals surface area contributed by atoms with Gasteiger partial charge in [0, 0.05) is 56.1 Å². The predicted octanol–water partition coefficient (Wildman–Crippen LogP) is 3.97. The number of rotatable bonds is 7. The second kappa shape index (κ2) is 11.9. The molecule has 0 saturated carbocycles. The lowest BCUT2D eigenvalue weighted by Gasteiger charge is -2.39. The monoisotopic (exact) mass is 624 g/mol. The lowest BCUT2D eigenvalue weighted by molar-refractivity contribution is -0.129. The van der Waals surface area contributed by atoms with E-state index in [2.05, 4.69) is 30.3 Å². The molecule has 7 rings (SSSR count). The number of pyridine rings is 2. The highest BCUT2D eigenvalue weighted by Crippen LogP contribution is 2.37. The Morgan fingerprint density at radius 3 is 2.89 bits per heavy atom. The molecule has 1 amide bonds. The normalized spacial score (nSPS) is 16.9. The minimum Gasteiger partial charge on any atom is -0.487 e. The molecule has 1 N–H and O–H groups in total. The zero-order valence-corrected chi connectivity index (χ0v) is 25.9. The number of piperazine rings is 1. The van der Waals surface area contributed by atoms with Crippen LogP contribution in [0, 0.1) is 12.7 Å². The van der Waals surface area contributed by atoms with E-state index >= 15 is 4.39 Å². The van der Waals surface area contributed by atoms with Crippen LogP contribution in [0.25, 0.3) is 16.7 Å². The smallest absolute Gasteiger partial charge is 0.246 e. The molecule has 0 radical (unpaired) electrons. The average Bonchev–Trinajstić information content (AvgIpc) is 3.47. The Bertz CT molecular complexity index is 1980. The number of nitrogens with zero attached hydrogens (tertiary/aromatic N) is 9. The van der Waals surface area contributed by atoms with Crippen molar-refractivity contribution in [2.75, 3.05) is 50.6 Å². The number of likely N-dealkylation sites (N-methyl/N-ethyl adjacent to an activating group) is 1. The number of hydrogen-bond donors (Lipinski definition) is 1. The molecule has 46 heavy (non-hydrogen) atoms. The lowest BCUT2D eigenvalue weighted by Crippen LogP contribution is -2.56. The van der Waals surface area contributed by atoms with Gasteiger partial charge in [0.25, 0.3) is 0 Å². The standard InChI is InChI=1S/C32H33FN10O3/c1-19-11-24(23(33)13-26(19)46-22-7-8-43-28(12-22)35-18-37-43)38-31-30-25(34-17-36-31)14-27-32(39-30)41-9-10-42(21(15-41)16-45-27)29(44)6-5-20(2)40(3)4/h5-8,11-14,17-18,20-21H,9-10,15-16H2,1-4H3,(H,34,36,38)/b6-5+/t20-,21+/m1/s1. The Morgan fingerprint density at radius 1 is 1.17 bits per heavy atom. The van der Waals surface area contributed by atoms with Crippen molar-refractivity contribution in [3.8, 4) is 17.2 Å². The van der Waals surface area contributed by atoms with Gasteiger partial charge in [0.1, 0.15) is 42.1 Å². The number of ether oxygens (including phenoxy) is 2. The number of aryl methyl sites for hydroxylation is 1. The minimum absolute atomic E-state index is 0.0338. The number of anilines is 3. The van der Waals surface area contributed by atoms with E-state index in [0.29, 0.717) is 77.4 Å². The van der Waals surface area contributed by atoms with Gasteiger partial charge in [-0.05, 0) is 45.6 Å². The molecule has 14 heteroatoms. The van der Waals surface area contributed by atoms with Gasteiger partial charge in [0.2, 0.25) is 5.91 Å². The fraction of sp³-hybridized carbons (Fsp3) is 0.312. The van der Waals surface area contributed by atoms with E-state index in [-0.39, 0.29) is 23.7 Å². The number of fused-ring (bicyclic) bond motifs is 6. The zero-order valence-electron chi connectivity index (χ0n) is 25.9. The molecule has 4 aromatic heterocycles. The van der Waals surface area contributed by atoms with Gasteiger partial charge in [0.05, 0.1) is 17.2 Å². The number of nitrogens with one attached hydrogen (secondary N) is 1. The summed E-state index contributed by atoms with van der Waals surface area (Å²) >= 11 is 0. The predicted molar refractivity (Wildman–Crippen MR) is 170 cm³/mol. The van der Waals surface area contributed by atoms with E-state index < -0.39 is 5.82 Å². The first kappa shape index (κ1) is 29.3. The van der Waals surface area contributed by atoms with Crippen LogP contribution < -0.4 is 19.7 Å². The molecule has 6 heterocycles. The van der Waals surface area contributed by atoms with E-state index in [0.717, 1.165) is 0 Å². The summed E-state index contributed by atoms with van der Waals surface area (Å²) in [6.45, 7) is 5.91. The Hall–Kier alpha value is -5.37. The summed E-state index contributed by atoms with van der Waals surface area (Å²) in [6.07, 6.45) is 8.14. The molecule has 1 saturated heterocycles. The third kappa shape index (κ3) is 5.62. The summed E-state index contributed by atoms with van der Waals surface area (Å²) in [5.74, 6) is 1.91. The summed E-state index contributed by atoms with van der Waals surface area (Å²) in [7, 11) is 3.95. The number of carbonyl (C=O) groups is 1. The van der Waals surface area contributed by atoms with Gasteiger partial charge in [-0.2, -0.15) is 5.10 Å². The molecule has 0 aliphatic carbocycles. The summed E-state index contributed by atoms with van der Waals surface area (Å²) in [6, 6.07) is 8.28. The SMILES string of the molecule is Cc1cc(Nc2ncnc3cc4c(nc23)N2CCN(C(=O)/C=C/[C@@H](C)N(C)C)[C@H](CO4)C2)c(F)cc1Oc1ccn2ncnc2c1. The number of benzene rings is 1.